The van der Waals surface area contributed by atoms with E-state index in [-0.39, 0.29) is 6.10 Å². The summed E-state index contributed by atoms with van der Waals surface area (Å²) in [7, 11) is 5.56. The molecule has 6 heteroatoms. The lowest BCUT2D eigenvalue weighted by atomic mass is 10.0. The van der Waals surface area contributed by atoms with Crippen LogP contribution in [0.2, 0.25) is 0 Å². The number of benzene rings is 2. The first kappa shape index (κ1) is 20.3. The van der Waals surface area contributed by atoms with Gasteiger partial charge in [-0.05, 0) is 29.7 Å². The maximum absolute atomic E-state index is 5.35. The zero-order chi connectivity index (χ0) is 19.9. The highest BCUT2D eigenvalue weighted by Gasteiger charge is 2.12. The Hall–Kier alpha value is -2.44. The highest BCUT2D eigenvalue weighted by Crippen LogP contribution is 2.21. The van der Waals surface area contributed by atoms with Crippen LogP contribution in [0.15, 0.2) is 52.8 Å². The second kappa shape index (κ2) is 9.66. The third-order valence-electron chi connectivity index (χ3n) is 4.80. The summed E-state index contributed by atoms with van der Waals surface area (Å²) < 4.78 is 5.35. The molecule has 5 nitrogen and oxygen atoms in total. The molecular weight excluding hydrogens is 368 g/mol. The summed E-state index contributed by atoms with van der Waals surface area (Å²) in [4.78, 5) is 11.2. The number of nitrogens with one attached hydrogen (secondary N) is 1. The summed E-state index contributed by atoms with van der Waals surface area (Å²) in [5.74, 6) is 0.870. The van der Waals surface area contributed by atoms with Crippen molar-refractivity contribution in [1.29, 1.82) is 0 Å². The molecular formula is C22H28N4OS. The van der Waals surface area contributed by atoms with Crippen molar-refractivity contribution in [3.63, 3.8) is 0 Å². The van der Waals surface area contributed by atoms with E-state index in [1.807, 2.05) is 21.0 Å². The maximum Gasteiger partial charge on any atom is 0.193 e. The van der Waals surface area contributed by atoms with E-state index in [2.05, 4.69) is 68.0 Å². The fraction of sp³-hybridized carbons (Fsp3) is 0.364. The molecule has 3 rings (SSSR count). The highest BCUT2D eigenvalue weighted by molar-refractivity contribution is 7.09. The molecule has 0 aliphatic rings. The Morgan fingerprint density at radius 2 is 2.04 bits per heavy atom. The number of guanidine groups is 1. The molecule has 0 saturated heterocycles. The fourth-order valence-electron chi connectivity index (χ4n) is 3.20. The van der Waals surface area contributed by atoms with Gasteiger partial charge in [-0.1, -0.05) is 42.5 Å². The minimum atomic E-state index is 0.0298. The van der Waals surface area contributed by atoms with Crippen LogP contribution in [0.5, 0.6) is 0 Å². The Kier molecular flexibility index (Phi) is 7.01. The second-order valence-electron chi connectivity index (χ2n) is 6.77. The lowest BCUT2D eigenvalue weighted by Crippen LogP contribution is -2.39. The van der Waals surface area contributed by atoms with Crippen molar-refractivity contribution in [2.45, 2.75) is 26.0 Å². The second-order valence-corrected chi connectivity index (χ2v) is 7.66. The van der Waals surface area contributed by atoms with Crippen molar-refractivity contribution in [1.82, 2.24) is 15.2 Å². The van der Waals surface area contributed by atoms with Gasteiger partial charge in [0.1, 0.15) is 11.1 Å². The van der Waals surface area contributed by atoms with Crippen LogP contribution in [-0.4, -0.2) is 43.6 Å². The standard InChI is InChI=1S/C22H28N4OS/c1-16(27-4)21-25-19(15-28-21)14-26(3)22(23-2)24-13-12-18-10-7-9-17-8-5-6-11-20(17)18/h5-11,15-16H,12-14H2,1-4H3,(H,23,24). The summed E-state index contributed by atoms with van der Waals surface area (Å²) in [5, 5.41) is 9.16. The number of ether oxygens (including phenoxy) is 1. The molecule has 1 N–H and O–H groups in total. The fourth-order valence-corrected chi connectivity index (χ4v) is 4.05. The molecule has 148 valence electrons. The van der Waals surface area contributed by atoms with E-state index in [0.29, 0.717) is 6.54 Å². The first-order chi connectivity index (χ1) is 13.6. The Balaban J connectivity index is 1.57. The number of fused-ring (bicyclic) bond motifs is 1. The Morgan fingerprint density at radius 3 is 2.82 bits per heavy atom. The van der Waals surface area contributed by atoms with Crippen molar-refractivity contribution in [3.05, 3.63) is 64.1 Å². The monoisotopic (exact) mass is 396 g/mol. The number of thiazole rings is 1. The number of hydrogen-bond donors (Lipinski definition) is 1. The number of aromatic nitrogens is 1. The molecule has 2 aromatic carbocycles. The van der Waals surface area contributed by atoms with E-state index in [4.69, 9.17) is 4.74 Å². The normalized spacial score (nSPS) is 12.9. The van der Waals surface area contributed by atoms with Gasteiger partial charge >= 0.3 is 0 Å². The van der Waals surface area contributed by atoms with Gasteiger partial charge < -0.3 is 15.0 Å². The van der Waals surface area contributed by atoms with Gasteiger partial charge in [0, 0.05) is 33.1 Å². The third-order valence-corrected chi connectivity index (χ3v) is 5.86. The summed E-state index contributed by atoms with van der Waals surface area (Å²) in [6.45, 7) is 3.55. The Morgan fingerprint density at radius 1 is 1.25 bits per heavy atom. The van der Waals surface area contributed by atoms with E-state index < -0.39 is 0 Å². The number of hydrogen-bond acceptors (Lipinski definition) is 4. The van der Waals surface area contributed by atoms with E-state index in [1.54, 1.807) is 18.4 Å². The van der Waals surface area contributed by atoms with Crippen LogP contribution >= 0.6 is 11.3 Å². The lowest BCUT2D eigenvalue weighted by molar-refractivity contribution is 0.119. The third kappa shape index (κ3) is 4.88. The van der Waals surface area contributed by atoms with Crippen LogP contribution in [-0.2, 0) is 17.7 Å². The van der Waals surface area contributed by atoms with E-state index in [9.17, 15) is 0 Å². The SMILES string of the molecule is CN=C(NCCc1cccc2ccccc12)N(C)Cc1csc(C(C)OC)n1. The number of nitrogens with zero attached hydrogens (tertiary/aromatic N) is 3. The van der Waals surface area contributed by atoms with Gasteiger partial charge in [-0.25, -0.2) is 4.98 Å². The van der Waals surface area contributed by atoms with Crippen molar-refractivity contribution in [2.24, 2.45) is 4.99 Å². The quantitative estimate of drug-likeness (QED) is 0.479. The predicted molar refractivity (Wildman–Crippen MR) is 118 cm³/mol. The molecule has 1 unspecified atom stereocenters. The van der Waals surface area contributed by atoms with Crippen LogP contribution in [0.1, 0.15) is 29.3 Å². The molecule has 0 amide bonds. The molecule has 28 heavy (non-hydrogen) atoms. The molecule has 0 bridgehead atoms. The molecule has 1 atom stereocenters. The van der Waals surface area contributed by atoms with Crippen molar-refractivity contribution in [3.8, 4) is 0 Å². The average Bonchev–Trinajstić information content (AvgIpc) is 3.19. The molecule has 1 aromatic heterocycles. The van der Waals surface area contributed by atoms with Crippen LogP contribution in [0.4, 0.5) is 0 Å². The van der Waals surface area contributed by atoms with Crippen molar-refractivity contribution in [2.75, 3.05) is 27.7 Å². The van der Waals surface area contributed by atoms with E-state index >= 15 is 0 Å². The first-order valence-corrected chi connectivity index (χ1v) is 10.4. The largest absolute Gasteiger partial charge is 0.375 e. The van der Waals surface area contributed by atoms with E-state index in [0.717, 1.165) is 29.6 Å². The van der Waals surface area contributed by atoms with Crippen molar-refractivity contribution >= 4 is 28.1 Å². The van der Waals surface area contributed by atoms with Crippen LogP contribution < -0.4 is 5.32 Å². The van der Waals surface area contributed by atoms with Gasteiger partial charge in [0.15, 0.2) is 5.96 Å². The summed E-state index contributed by atoms with van der Waals surface area (Å²) in [6, 6.07) is 15.0. The summed E-state index contributed by atoms with van der Waals surface area (Å²) in [6.07, 6.45) is 0.975. The molecule has 0 aliphatic carbocycles. The zero-order valence-electron chi connectivity index (χ0n) is 17.0. The van der Waals surface area contributed by atoms with Gasteiger partial charge in [0.05, 0.1) is 12.2 Å². The molecule has 0 aliphatic heterocycles. The Labute approximate surface area is 171 Å². The molecule has 0 spiro atoms. The highest BCUT2D eigenvalue weighted by atomic mass is 32.1. The van der Waals surface area contributed by atoms with Gasteiger partial charge in [-0.3, -0.25) is 4.99 Å². The van der Waals surface area contributed by atoms with Crippen LogP contribution in [0.3, 0.4) is 0 Å². The molecule has 1 heterocycles. The first-order valence-electron chi connectivity index (χ1n) is 9.48. The summed E-state index contributed by atoms with van der Waals surface area (Å²) >= 11 is 1.64. The molecule has 3 aromatic rings. The van der Waals surface area contributed by atoms with Gasteiger partial charge in [0.25, 0.3) is 0 Å². The maximum atomic E-state index is 5.35. The van der Waals surface area contributed by atoms with Gasteiger partial charge in [0.2, 0.25) is 0 Å². The van der Waals surface area contributed by atoms with Gasteiger partial charge in [-0.15, -0.1) is 11.3 Å². The zero-order valence-corrected chi connectivity index (χ0v) is 17.8. The van der Waals surface area contributed by atoms with Crippen LogP contribution in [0, 0.1) is 0 Å². The Bertz CT molecular complexity index is 932. The number of aliphatic imine (C=N–C) groups is 1. The average molecular weight is 397 g/mol. The number of methoxy groups -OCH3 is 1. The number of rotatable bonds is 7. The smallest absolute Gasteiger partial charge is 0.193 e. The molecule has 0 saturated carbocycles. The lowest BCUT2D eigenvalue weighted by Gasteiger charge is -2.21. The minimum absolute atomic E-state index is 0.0298. The minimum Gasteiger partial charge on any atom is -0.375 e. The van der Waals surface area contributed by atoms with Crippen molar-refractivity contribution < 1.29 is 4.74 Å². The molecule has 0 radical (unpaired) electrons. The topological polar surface area (TPSA) is 49.8 Å². The molecule has 0 fully saturated rings. The van der Waals surface area contributed by atoms with Crippen LogP contribution in [0.25, 0.3) is 10.8 Å². The van der Waals surface area contributed by atoms with E-state index in [1.165, 1.54) is 16.3 Å². The summed E-state index contributed by atoms with van der Waals surface area (Å²) in [5.41, 5.74) is 2.38. The van der Waals surface area contributed by atoms with Gasteiger partial charge in [-0.2, -0.15) is 0 Å². The predicted octanol–water partition coefficient (Wildman–Crippen LogP) is 4.25.